The standard InChI is InChI=1S/C20H19N5O/c1-2-7-18-17(6-1)22-13-25(18)12-14-4-3-5-15(10-14)19-23-20(26-24-19)16-8-9-21-11-16/h1-7,10,13,16,21H,8-9,11-12H2/t16-/m0/s1. The predicted octanol–water partition coefficient (Wildman–Crippen LogP) is 3.21. The number of benzene rings is 2. The van der Waals surface area contributed by atoms with Crippen LogP contribution in [-0.4, -0.2) is 32.8 Å². The second kappa shape index (κ2) is 6.38. The van der Waals surface area contributed by atoms with Crippen molar-refractivity contribution >= 4 is 11.0 Å². The van der Waals surface area contributed by atoms with E-state index in [-0.39, 0.29) is 0 Å². The molecule has 0 bridgehead atoms. The molecule has 1 atom stereocenters. The number of nitrogens with zero attached hydrogens (tertiary/aromatic N) is 4. The van der Waals surface area contributed by atoms with E-state index in [0.717, 1.165) is 48.5 Å². The zero-order valence-corrected chi connectivity index (χ0v) is 14.3. The maximum atomic E-state index is 5.49. The number of imidazole rings is 1. The Balaban J connectivity index is 1.42. The van der Waals surface area contributed by atoms with Crippen molar-refractivity contribution in [2.45, 2.75) is 18.9 Å². The Morgan fingerprint density at radius 3 is 3.04 bits per heavy atom. The van der Waals surface area contributed by atoms with E-state index in [4.69, 9.17) is 4.52 Å². The third-order valence-electron chi connectivity index (χ3n) is 4.92. The maximum absolute atomic E-state index is 5.49. The molecule has 2 aromatic carbocycles. The SMILES string of the molecule is c1cc(Cn2cnc3ccccc32)cc(-c2noc([C@H]3CCNC3)n2)c1. The quantitative estimate of drug-likeness (QED) is 0.615. The second-order valence-corrected chi connectivity index (χ2v) is 6.71. The molecule has 0 saturated carbocycles. The Morgan fingerprint density at radius 1 is 1.15 bits per heavy atom. The molecule has 1 aliphatic rings. The Hall–Kier alpha value is -2.99. The van der Waals surface area contributed by atoms with Gasteiger partial charge in [0.1, 0.15) is 0 Å². The second-order valence-electron chi connectivity index (χ2n) is 6.71. The highest BCUT2D eigenvalue weighted by molar-refractivity contribution is 5.75. The van der Waals surface area contributed by atoms with Crippen molar-refractivity contribution in [2.75, 3.05) is 13.1 Å². The van der Waals surface area contributed by atoms with E-state index in [1.54, 1.807) is 0 Å². The molecule has 130 valence electrons. The Bertz CT molecular complexity index is 1040. The van der Waals surface area contributed by atoms with Crippen LogP contribution in [0.3, 0.4) is 0 Å². The molecule has 0 amide bonds. The molecule has 1 fully saturated rings. The van der Waals surface area contributed by atoms with E-state index >= 15 is 0 Å². The van der Waals surface area contributed by atoms with Crippen molar-refractivity contribution in [2.24, 2.45) is 0 Å². The zero-order chi connectivity index (χ0) is 17.3. The van der Waals surface area contributed by atoms with Gasteiger partial charge >= 0.3 is 0 Å². The van der Waals surface area contributed by atoms with Gasteiger partial charge in [0.25, 0.3) is 0 Å². The lowest BCUT2D eigenvalue weighted by molar-refractivity contribution is 0.359. The monoisotopic (exact) mass is 345 g/mol. The van der Waals surface area contributed by atoms with Crippen molar-refractivity contribution in [1.82, 2.24) is 25.0 Å². The summed E-state index contributed by atoms with van der Waals surface area (Å²) in [4.78, 5) is 9.07. The molecule has 0 aliphatic carbocycles. The van der Waals surface area contributed by atoms with Crippen LogP contribution in [0, 0.1) is 0 Å². The summed E-state index contributed by atoms with van der Waals surface area (Å²) >= 11 is 0. The van der Waals surface area contributed by atoms with Gasteiger partial charge in [-0.2, -0.15) is 4.98 Å². The predicted molar refractivity (Wildman–Crippen MR) is 98.8 cm³/mol. The lowest BCUT2D eigenvalue weighted by Gasteiger charge is -2.06. The first kappa shape index (κ1) is 15.3. The number of fused-ring (bicyclic) bond motifs is 1. The molecule has 26 heavy (non-hydrogen) atoms. The minimum absolute atomic E-state index is 0.330. The molecular weight excluding hydrogens is 326 g/mol. The van der Waals surface area contributed by atoms with Crippen LogP contribution < -0.4 is 5.32 Å². The first-order valence-corrected chi connectivity index (χ1v) is 8.90. The highest BCUT2D eigenvalue weighted by Gasteiger charge is 2.23. The van der Waals surface area contributed by atoms with Gasteiger partial charge in [-0.3, -0.25) is 0 Å². The molecule has 6 nitrogen and oxygen atoms in total. The van der Waals surface area contributed by atoms with E-state index < -0.39 is 0 Å². The van der Waals surface area contributed by atoms with Crippen LogP contribution in [0.15, 0.2) is 59.4 Å². The first-order valence-electron chi connectivity index (χ1n) is 8.90. The Labute approximate surface area is 150 Å². The molecule has 6 heteroatoms. The average molecular weight is 345 g/mol. The van der Waals surface area contributed by atoms with Gasteiger partial charge in [-0.1, -0.05) is 35.5 Å². The van der Waals surface area contributed by atoms with Gasteiger partial charge in [-0.15, -0.1) is 0 Å². The third kappa shape index (κ3) is 2.78. The van der Waals surface area contributed by atoms with Crippen LogP contribution in [-0.2, 0) is 6.54 Å². The molecule has 4 aromatic rings. The summed E-state index contributed by atoms with van der Waals surface area (Å²) < 4.78 is 7.64. The number of hydrogen-bond acceptors (Lipinski definition) is 5. The minimum Gasteiger partial charge on any atom is -0.339 e. The van der Waals surface area contributed by atoms with E-state index in [9.17, 15) is 0 Å². The lowest BCUT2D eigenvalue weighted by atomic mass is 10.1. The number of aromatic nitrogens is 4. The number of hydrogen-bond donors (Lipinski definition) is 1. The largest absolute Gasteiger partial charge is 0.339 e. The lowest BCUT2D eigenvalue weighted by Crippen LogP contribution is -2.08. The van der Waals surface area contributed by atoms with Crippen molar-refractivity contribution in [3.63, 3.8) is 0 Å². The molecule has 1 aliphatic heterocycles. The van der Waals surface area contributed by atoms with Gasteiger partial charge in [-0.05, 0) is 36.7 Å². The molecule has 3 heterocycles. The summed E-state index contributed by atoms with van der Waals surface area (Å²) in [6, 6.07) is 16.5. The van der Waals surface area contributed by atoms with Crippen molar-refractivity contribution in [3.8, 4) is 11.4 Å². The molecule has 0 radical (unpaired) electrons. The molecule has 5 rings (SSSR count). The van der Waals surface area contributed by atoms with Crippen molar-refractivity contribution in [1.29, 1.82) is 0 Å². The zero-order valence-electron chi connectivity index (χ0n) is 14.3. The van der Waals surface area contributed by atoms with E-state index in [2.05, 4.69) is 43.2 Å². The summed E-state index contributed by atoms with van der Waals surface area (Å²) in [6.07, 6.45) is 2.94. The van der Waals surface area contributed by atoms with Crippen LogP contribution in [0.2, 0.25) is 0 Å². The topological polar surface area (TPSA) is 68.8 Å². The van der Waals surface area contributed by atoms with Crippen LogP contribution in [0.5, 0.6) is 0 Å². The summed E-state index contributed by atoms with van der Waals surface area (Å²) in [5.41, 5.74) is 4.30. The first-order chi connectivity index (χ1) is 12.9. The molecule has 0 unspecified atom stereocenters. The molecule has 2 aromatic heterocycles. The highest BCUT2D eigenvalue weighted by Crippen LogP contribution is 2.24. The fourth-order valence-corrected chi connectivity index (χ4v) is 3.53. The van der Waals surface area contributed by atoms with Crippen LogP contribution in [0.4, 0.5) is 0 Å². The van der Waals surface area contributed by atoms with Gasteiger partial charge in [0.05, 0.1) is 23.3 Å². The molecule has 0 spiro atoms. The third-order valence-corrected chi connectivity index (χ3v) is 4.92. The maximum Gasteiger partial charge on any atom is 0.231 e. The van der Waals surface area contributed by atoms with Crippen LogP contribution in [0.25, 0.3) is 22.4 Å². The number of rotatable bonds is 4. The Kier molecular flexibility index (Phi) is 3.75. The fraction of sp³-hybridized carbons (Fsp3) is 0.250. The minimum atomic E-state index is 0.330. The number of para-hydroxylation sites is 2. The Morgan fingerprint density at radius 2 is 2.12 bits per heavy atom. The van der Waals surface area contributed by atoms with Gasteiger partial charge in [-0.25, -0.2) is 4.98 Å². The van der Waals surface area contributed by atoms with Crippen molar-refractivity contribution in [3.05, 3.63) is 66.3 Å². The summed E-state index contributed by atoms with van der Waals surface area (Å²) in [5, 5.41) is 7.52. The summed E-state index contributed by atoms with van der Waals surface area (Å²) in [5.74, 6) is 1.72. The van der Waals surface area contributed by atoms with Gasteiger partial charge in [0, 0.05) is 18.7 Å². The van der Waals surface area contributed by atoms with Gasteiger partial charge in [0.15, 0.2) is 0 Å². The fourth-order valence-electron chi connectivity index (χ4n) is 3.53. The average Bonchev–Trinajstić information content (AvgIpc) is 3.43. The molecule has 1 saturated heterocycles. The number of nitrogens with one attached hydrogen (secondary N) is 1. The van der Waals surface area contributed by atoms with Crippen LogP contribution in [0.1, 0.15) is 23.8 Å². The van der Waals surface area contributed by atoms with Crippen LogP contribution >= 0.6 is 0 Å². The van der Waals surface area contributed by atoms with E-state index in [1.807, 2.05) is 36.7 Å². The van der Waals surface area contributed by atoms with E-state index in [0.29, 0.717) is 11.7 Å². The van der Waals surface area contributed by atoms with Gasteiger partial charge < -0.3 is 14.4 Å². The summed E-state index contributed by atoms with van der Waals surface area (Å²) in [7, 11) is 0. The summed E-state index contributed by atoms with van der Waals surface area (Å²) in [6.45, 7) is 2.68. The van der Waals surface area contributed by atoms with Crippen molar-refractivity contribution < 1.29 is 4.52 Å². The molecular formula is C20H19N5O. The van der Waals surface area contributed by atoms with E-state index in [1.165, 1.54) is 5.56 Å². The van der Waals surface area contributed by atoms with Gasteiger partial charge in [0.2, 0.25) is 11.7 Å². The normalized spacial score (nSPS) is 17.2. The smallest absolute Gasteiger partial charge is 0.231 e. The highest BCUT2D eigenvalue weighted by atomic mass is 16.5. The molecule has 1 N–H and O–H groups in total.